The maximum atomic E-state index is 12.8. The number of rotatable bonds is 5. The first-order chi connectivity index (χ1) is 11.8. The average molecular weight is 404 g/mol. The lowest BCUT2D eigenvalue weighted by Gasteiger charge is -2.19. The Balaban J connectivity index is 0.00000243. The third kappa shape index (κ3) is 4.14. The van der Waals surface area contributed by atoms with Crippen molar-refractivity contribution in [3.05, 3.63) is 23.8 Å². The summed E-state index contributed by atoms with van der Waals surface area (Å²) >= 11 is 0. The molecule has 2 fully saturated rings. The predicted molar refractivity (Wildman–Crippen MR) is 101 cm³/mol. The van der Waals surface area contributed by atoms with Crippen LogP contribution in [0, 0.1) is 11.8 Å². The normalized spacial score (nSPS) is 22.2. The van der Waals surface area contributed by atoms with Crippen LogP contribution in [0.25, 0.3) is 0 Å². The summed E-state index contributed by atoms with van der Waals surface area (Å²) < 4.78 is 32.8. The van der Waals surface area contributed by atoms with Crippen molar-refractivity contribution in [1.29, 1.82) is 0 Å². The quantitative estimate of drug-likeness (QED) is 0.768. The zero-order valence-electron chi connectivity index (χ0n) is 15.2. The number of hydrogen-bond donors (Lipinski definition) is 2. The molecule has 2 N–H and O–H groups in total. The van der Waals surface area contributed by atoms with Crippen molar-refractivity contribution in [3.8, 4) is 5.75 Å². The number of nitrogens with one attached hydrogen (secondary N) is 2. The fraction of sp³-hybridized carbons (Fsp3) is 0.588. The Morgan fingerprint density at radius 3 is 2.42 bits per heavy atom. The highest BCUT2D eigenvalue weighted by molar-refractivity contribution is 7.89. The van der Waals surface area contributed by atoms with Gasteiger partial charge in [-0.05, 0) is 43.9 Å². The molecule has 2 aliphatic heterocycles. The highest BCUT2D eigenvalue weighted by atomic mass is 35.5. The number of methoxy groups -OCH3 is 1. The Morgan fingerprint density at radius 2 is 1.88 bits per heavy atom. The van der Waals surface area contributed by atoms with E-state index in [1.807, 2.05) is 4.90 Å². The van der Waals surface area contributed by atoms with E-state index in [2.05, 4.69) is 10.0 Å². The summed E-state index contributed by atoms with van der Waals surface area (Å²) in [7, 11) is -2.34. The van der Waals surface area contributed by atoms with Crippen molar-refractivity contribution in [3.63, 3.8) is 0 Å². The molecule has 26 heavy (non-hydrogen) atoms. The molecular formula is C17H26ClN3O4S. The largest absolute Gasteiger partial charge is 0.495 e. The van der Waals surface area contributed by atoms with Gasteiger partial charge < -0.3 is 15.0 Å². The van der Waals surface area contributed by atoms with Crippen molar-refractivity contribution >= 4 is 28.3 Å². The second-order valence-electron chi connectivity index (χ2n) is 7.03. The molecule has 2 aliphatic rings. The number of fused-ring (bicyclic) bond motifs is 1. The number of nitrogens with zero attached hydrogens (tertiary/aromatic N) is 1. The minimum atomic E-state index is -3.75. The molecule has 2 heterocycles. The van der Waals surface area contributed by atoms with Crippen LogP contribution >= 0.6 is 12.4 Å². The number of carbonyl (C=O) groups excluding carboxylic acids is 1. The number of likely N-dealkylation sites (tertiary alicyclic amines) is 1. The lowest BCUT2D eigenvalue weighted by molar-refractivity contribution is 0.0781. The molecule has 146 valence electrons. The van der Waals surface area contributed by atoms with E-state index in [9.17, 15) is 13.2 Å². The van der Waals surface area contributed by atoms with Gasteiger partial charge in [-0.2, -0.15) is 0 Å². The third-order valence-corrected chi connectivity index (χ3v) is 6.45. The molecule has 0 aliphatic carbocycles. The smallest absolute Gasteiger partial charge is 0.253 e. The Kier molecular flexibility index (Phi) is 6.55. The van der Waals surface area contributed by atoms with Crippen LogP contribution in [0.15, 0.2) is 23.1 Å². The number of halogens is 1. The first-order valence-electron chi connectivity index (χ1n) is 8.52. The van der Waals surface area contributed by atoms with Gasteiger partial charge in [0.15, 0.2) is 0 Å². The molecule has 0 bridgehead atoms. The first-order valence-corrected chi connectivity index (χ1v) is 10.0. The third-order valence-electron chi connectivity index (χ3n) is 4.77. The molecule has 9 heteroatoms. The van der Waals surface area contributed by atoms with Gasteiger partial charge in [0, 0.05) is 37.8 Å². The van der Waals surface area contributed by atoms with Gasteiger partial charge in [-0.15, -0.1) is 12.4 Å². The molecule has 2 saturated heterocycles. The SMILES string of the molecule is COc1ccc(C(=O)N2C[C@H]3CNC[C@H]3C2)cc1S(=O)(=O)NC(C)C.Cl. The van der Waals surface area contributed by atoms with Crippen molar-refractivity contribution in [1.82, 2.24) is 14.9 Å². The highest BCUT2D eigenvalue weighted by Gasteiger charge is 2.38. The van der Waals surface area contributed by atoms with Gasteiger partial charge in [0.1, 0.15) is 10.6 Å². The molecule has 0 unspecified atom stereocenters. The van der Waals surface area contributed by atoms with Crippen LogP contribution in [-0.2, 0) is 10.0 Å². The van der Waals surface area contributed by atoms with Crippen LogP contribution in [0.3, 0.4) is 0 Å². The molecule has 0 radical (unpaired) electrons. The number of sulfonamides is 1. The molecule has 0 aromatic heterocycles. The van der Waals surface area contributed by atoms with Crippen LogP contribution in [-0.4, -0.2) is 58.6 Å². The van der Waals surface area contributed by atoms with Gasteiger partial charge in [0.05, 0.1) is 7.11 Å². The number of hydrogen-bond acceptors (Lipinski definition) is 5. The average Bonchev–Trinajstić information content (AvgIpc) is 3.14. The van der Waals surface area contributed by atoms with E-state index < -0.39 is 10.0 Å². The van der Waals surface area contributed by atoms with Crippen LogP contribution in [0.1, 0.15) is 24.2 Å². The molecule has 2 atom stereocenters. The zero-order chi connectivity index (χ0) is 18.2. The second-order valence-corrected chi connectivity index (χ2v) is 8.71. The summed E-state index contributed by atoms with van der Waals surface area (Å²) in [6.07, 6.45) is 0. The van der Waals surface area contributed by atoms with Crippen LogP contribution in [0.2, 0.25) is 0 Å². The van der Waals surface area contributed by atoms with E-state index in [-0.39, 0.29) is 35.0 Å². The number of carbonyl (C=O) groups is 1. The zero-order valence-corrected chi connectivity index (χ0v) is 16.8. The molecule has 0 saturated carbocycles. The number of benzene rings is 1. The van der Waals surface area contributed by atoms with E-state index >= 15 is 0 Å². The van der Waals surface area contributed by atoms with Gasteiger partial charge in [0.2, 0.25) is 10.0 Å². The van der Waals surface area contributed by atoms with Crippen molar-refractivity contribution in [2.45, 2.75) is 24.8 Å². The lowest BCUT2D eigenvalue weighted by Crippen LogP contribution is -2.33. The highest BCUT2D eigenvalue weighted by Crippen LogP contribution is 2.30. The number of ether oxygens (including phenoxy) is 1. The van der Waals surface area contributed by atoms with Crippen molar-refractivity contribution in [2.75, 3.05) is 33.3 Å². The van der Waals surface area contributed by atoms with Gasteiger partial charge in [0.25, 0.3) is 5.91 Å². The Hall–Kier alpha value is -1.35. The van der Waals surface area contributed by atoms with Crippen molar-refractivity contribution in [2.24, 2.45) is 11.8 Å². The summed E-state index contributed by atoms with van der Waals surface area (Å²) in [5, 5.41) is 3.34. The number of amides is 1. The molecule has 7 nitrogen and oxygen atoms in total. The van der Waals surface area contributed by atoms with Crippen LogP contribution in [0.4, 0.5) is 0 Å². The fourth-order valence-electron chi connectivity index (χ4n) is 3.60. The monoisotopic (exact) mass is 403 g/mol. The summed E-state index contributed by atoms with van der Waals surface area (Å²) in [4.78, 5) is 14.6. The Morgan fingerprint density at radius 1 is 1.27 bits per heavy atom. The maximum absolute atomic E-state index is 12.8. The van der Waals surface area contributed by atoms with E-state index in [4.69, 9.17) is 4.74 Å². The Bertz CT molecular complexity index is 757. The van der Waals surface area contributed by atoms with E-state index in [1.54, 1.807) is 26.0 Å². The second kappa shape index (κ2) is 8.12. The summed E-state index contributed by atoms with van der Waals surface area (Å²) in [5.41, 5.74) is 0.373. The lowest BCUT2D eigenvalue weighted by atomic mass is 10.0. The maximum Gasteiger partial charge on any atom is 0.253 e. The molecule has 1 amide bonds. The topological polar surface area (TPSA) is 87.7 Å². The van der Waals surface area contributed by atoms with Gasteiger partial charge in [-0.25, -0.2) is 13.1 Å². The fourth-order valence-corrected chi connectivity index (χ4v) is 5.04. The van der Waals surface area contributed by atoms with Crippen LogP contribution in [0.5, 0.6) is 5.75 Å². The van der Waals surface area contributed by atoms with Gasteiger partial charge >= 0.3 is 0 Å². The summed E-state index contributed by atoms with van der Waals surface area (Å²) in [6.45, 7) is 6.81. The molecule has 0 spiro atoms. The molecular weight excluding hydrogens is 378 g/mol. The van der Waals surface area contributed by atoms with Crippen LogP contribution < -0.4 is 14.8 Å². The van der Waals surface area contributed by atoms with Gasteiger partial charge in [-0.1, -0.05) is 0 Å². The summed E-state index contributed by atoms with van der Waals surface area (Å²) in [6, 6.07) is 4.33. The van der Waals surface area contributed by atoms with Gasteiger partial charge in [-0.3, -0.25) is 4.79 Å². The van der Waals surface area contributed by atoms with E-state index in [1.165, 1.54) is 13.2 Å². The minimum absolute atomic E-state index is 0. The van der Waals surface area contributed by atoms with E-state index in [0.29, 0.717) is 17.4 Å². The van der Waals surface area contributed by atoms with Crippen molar-refractivity contribution < 1.29 is 17.9 Å². The minimum Gasteiger partial charge on any atom is -0.495 e. The summed E-state index contributed by atoms with van der Waals surface area (Å²) in [5.74, 6) is 1.09. The molecule has 1 aromatic rings. The predicted octanol–water partition coefficient (Wildman–Crippen LogP) is 1.10. The van der Waals surface area contributed by atoms with E-state index in [0.717, 1.165) is 26.2 Å². The molecule has 3 rings (SSSR count). The Labute approximate surface area is 160 Å². The molecule has 1 aromatic carbocycles. The first kappa shape index (κ1) is 21.0. The standard InChI is InChI=1S/C17H25N3O4S.ClH/c1-11(2)19-25(22,23)16-6-12(4-5-15(16)24-3)17(21)20-9-13-7-18-8-14(13)10-20;/h4-6,11,13-14,18-19H,7-10H2,1-3H3;1H/t13-,14+;.